The summed E-state index contributed by atoms with van der Waals surface area (Å²) < 4.78 is 5.61. The summed E-state index contributed by atoms with van der Waals surface area (Å²) >= 11 is 0. The molecule has 2 unspecified atom stereocenters. The average Bonchev–Trinajstić information content (AvgIpc) is 2.84. The zero-order chi connectivity index (χ0) is 14.8. The molecule has 0 spiro atoms. The molecule has 1 aromatic heterocycles. The van der Waals surface area contributed by atoms with Gasteiger partial charge in [0.2, 0.25) is 5.95 Å². The van der Waals surface area contributed by atoms with Gasteiger partial charge < -0.3 is 15.0 Å². The molecule has 6 heteroatoms. The highest BCUT2D eigenvalue weighted by molar-refractivity contribution is 5.30. The van der Waals surface area contributed by atoms with Gasteiger partial charge in [-0.25, -0.2) is 0 Å². The molecule has 2 heterocycles. The third-order valence-corrected chi connectivity index (χ3v) is 4.44. The van der Waals surface area contributed by atoms with E-state index in [1.807, 2.05) is 0 Å². The summed E-state index contributed by atoms with van der Waals surface area (Å²) in [5.41, 5.74) is 0. The standard InChI is InChI=1S/C15H27N5O/c1-4-21-13-5-12(6-13)7-14-17-15(19-18-14)20-8-10(2)16-11(3)9-20/h10-13,16H,4-9H2,1-3H3,(H,17,18,19). The van der Waals surface area contributed by atoms with Gasteiger partial charge in [0.15, 0.2) is 0 Å². The molecule has 1 aromatic rings. The summed E-state index contributed by atoms with van der Waals surface area (Å²) in [6.07, 6.45) is 3.78. The molecule has 2 aliphatic rings. The van der Waals surface area contributed by atoms with Crippen molar-refractivity contribution in [3.05, 3.63) is 5.82 Å². The van der Waals surface area contributed by atoms with E-state index in [4.69, 9.17) is 4.74 Å². The van der Waals surface area contributed by atoms with Crippen molar-refractivity contribution in [3.63, 3.8) is 0 Å². The van der Waals surface area contributed by atoms with Crippen LogP contribution in [-0.4, -0.2) is 53.1 Å². The largest absolute Gasteiger partial charge is 0.378 e. The van der Waals surface area contributed by atoms with Crippen LogP contribution in [0, 0.1) is 5.92 Å². The summed E-state index contributed by atoms with van der Waals surface area (Å²) in [7, 11) is 0. The van der Waals surface area contributed by atoms with E-state index in [2.05, 4.69) is 46.2 Å². The lowest BCUT2D eigenvalue weighted by atomic mass is 9.80. The molecule has 2 N–H and O–H groups in total. The van der Waals surface area contributed by atoms with Crippen LogP contribution in [0.5, 0.6) is 0 Å². The van der Waals surface area contributed by atoms with Crippen LogP contribution in [0.4, 0.5) is 5.95 Å². The first-order valence-corrected chi connectivity index (χ1v) is 8.18. The van der Waals surface area contributed by atoms with Crippen molar-refractivity contribution in [2.24, 2.45) is 5.92 Å². The van der Waals surface area contributed by atoms with Gasteiger partial charge in [0, 0.05) is 38.2 Å². The first-order valence-electron chi connectivity index (χ1n) is 8.18. The smallest absolute Gasteiger partial charge is 0.244 e. The molecule has 1 saturated carbocycles. The Kier molecular flexibility index (Phi) is 4.45. The second-order valence-electron chi connectivity index (χ2n) is 6.57. The molecule has 2 fully saturated rings. The summed E-state index contributed by atoms with van der Waals surface area (Å²) in [5.74, 6) is 2.57. The first-order chi connectivity index (χ1) is 10.1. The molecule has 0 aromatic carbocycles. The molecular formula is C15H27N5O. The highest BCUT2D eigenvalue weighted by atomic mass is 16.5. The number of nitrogens with zero attached hydrogens (tertiary/aromatic N) is 3. The van der Waals surface area contributed by atoms with E-state index < -0.39 is 0 Å². The topological polar surface area (TPSA) is 66.1 Å². The lowest BCUT2D eigenvalue weighted by Gasteiger charge is -2.35. The molecule has 3 rings (SSSR count). The van der Waals surface area contributed by atoms with Crippen LogP contribution in [-0.2, 0) is 11.2 Å². The Balaban J connectivity index is 1.52. The quantitative estimate of drug-likeness (QED) is 0.858. The Hall–Kier alpha value is -1.14. The predicted octanol–water partition coefficient (Wildman–Crippen LogP) is 1.35. The van der Waals surface area contributed by atoms with Gasteiger partial charge in [-0.3, -0.25) is 5.10 Å². The minimum absolute atomic E-state index is 0.470. The minimum atomic E-state index is 0.470. The van der Waals surface area contributed by atoms with E-state index in [-0.39, 0.29) is 0 Å². The fourth-order valence-electron chi connectivity index (χ4n) is 3.49. The van der Waals surface area contributed by atoms with Crippen molar-refractivity contribution in [1.82, 2.24) is 20.5 Å². The third-order valence-electron chi connectivity index (χ3n) is 4.44. The molecule has 21 heavy (non-hydrogen) atoms. The van der Waals surface area contributed by atoms with E-state index in [9.17, 15) is 0 Å². The molecule has 0 radical (unpaired) electrons. The van der Waals surface area contributed by atoms with Gasteiger partial charge in [0.05, 0.1) is 6.10 Å². The van der Waals surface area contributed by atoms with E-state index >= 15 is 0 Å². The third kappa shape index (κ3) is 3.55. The zero-order valence-electron chi connectivity index (χ0n) is 13.3. The predicted molar refractivity (Wildman–Crippen MR) is 82.5 cm³/mol. The summed E-state index contributed by atoms with van der Waals surface area (Å²) in [6.45, 7) is 9.24. The van der Waals surface area contributed by atoms with E-state index in [1.165, 1.54) is 0 Å². The Morgan fingerprint density at radius 2 is 1.95 bits per heavy atom. The van der Waals surface area contributed by atoms with Gasteiger partial charge in [-0.05, 0) is 39.5 Å². The number of hydrogen-bond acceptors (Lipinski definition) is 5. The maximum atomic E-state index is 5.61. The van der Waals surface area contributed by atoms with Crippen molar-refractivity contribution >= 4 is 5.95 Å². The van der Waals surface area contributed by atoms with Crippen molar-refractivity contribution in [1.29, 1.82) is 0 Å². The van der Waals surface area contributed by atoms with Crippen LogP contribution in [0.15, 0.2) is 0 Å². The summed E-state index contributed by atoms with van der Waals surface area (Å²) in [6, 6.07) is 0.962. The summed E-state index contributed by atoms with van der Waals surface area (Å²) in [4.78, 5) is 6.96. The molecule has 118 valence electrons. The van der Waals surface area contributed by atoms with Crippen LogP contribution in [0.2, 0.25) is 0 Å². The lowest BCUT2D eigenvalue weighted by molar-refractivity contribution is -0.0245. The van der Waals surface area contributed by atoms with Gasteiger partial charge in [0.25, 0.3) is 0 Å². The lowest BCUT2D eigenvalue weighted by Crippen LogP contribution is -2.54. The minimum Gasteiger partial charge on any atom is -0.378 e. The number of hydrogen-bond donors (Lipinski definition) is 2. The Bertz CT molecular complexity index is 447. The Labute approximate surface area is 126 Å². The highest BCUT2D eigenvalue weighted by Gasteiger charge is 2.31. The maximum Gasteiger partial charge on any atom is 0.244 e. The molecule has 6 nitrogen and oxygen atoms in total. The van der Waals surface area contributed by atoms with Crippen molar-refractivity contribution in [2.45, 2.75) is 58.2 Å². The Morgan fingerprint density at radius 3 is 2.62 bits per heavy atom. The second-order valence-corrected chi connectivity index (χ2v) is 6.57. The molecule has 0 bridgehead atoms. The van der Waals surface area contributed by atoms with Crippen LogP contribution in [0.3, 0.4) is 0 Å². The monoisotopic (exact) mass is 293 g/mol. The van der Waals surface area contributed by atoms with Crippen molar-refractivity contribution < 1.29 is 4.74 Å². The number of H-pyrrole nitrogens is 1. The molecule has 1 saturated heterocycles. The average molecular weight is 293 g/mol. The SMILES string of the molecule is CCOC1CC(Cc2nc(N3CC(C)NC(C)C3)n[nH]2)C1. The van der Waals surface area contributed by atoms with E-state index in [0.717, 1.165) is 50.7 Å². The van der Waals surface area contributed by atoms with E-state index in [0.29, 0.717) is 24.1 Å². The van der Waals surface area contributed by atoms with Crippen LogP contribution < -0.4 is 10.2 Å². The van der Waals surface area contributed by atoms with E-state index in [1.54, 1.807) is 0 Å². The van der Waals surface area contributed by atoms with Crippen molar-refractivity contribution in [3.8, 4) is 0 Å². The van der Waals surface area contributed by atoms with Gasteiger partial charge in [0.1, 0.15) is 5.82 Å². The zero-order valence-corrected chi connectivity index (χ0v) is 13.3. The molecule has 1 aliphatic carbocycles. The molecule has 0 amide bonds. The number of aromatic amines is 1. The van der Waals surface area contributed by atoms with Gasteiger partial charge in [-0.2, -0.15) is 4.98 Å². The van der Waals surface area contributed by atoms with Crippen molar-refractivity contribution in [2.75, 3.05) is 24.6 Å². The number of rotatable bonds is 5. The van der Waals surface area contributed by atoms with Crippen LogP contribution in [0.25, 0.3) is 0 Å². The fraction of sp³-hybridized carbons (Fsp3) is 0.867. The van der Waals surface area contributed by atoms with Gasteiger partial charge in [-0.1, -0.05) is 0 Å². The number of anilines is 1. The van der Waals surface area contributed by atoms with Gasteiger partial charge >= 0.3 is 0 Å². The summed E-state index contributed by atoms with van der Waals surface area (Å²) in [5, 5.41) is 11.1. The van der Waals surface area contributed by atoms with Gasteiger partial charge in [-0.15, -0.1) is 5.10 Å². The highest BCUT2D eigenvalue weighted by Crippen LogP contribution is 2.32. The number of ether oxygens (including phenoxy) is 1. The number of aromatic nitrogens is 3. The van der Waals surface area contributed by atoms with Crippen LogP contribution in [0.1, 0.15) is 39.4 Å². The normalized spacial score (nSPS) is 33.0. The Morgan fingerprint density at radius 1 is 1.24 bits per heavy atom. The number of piperazine rings is 1. The molecular weight excluding hydrogens is 266 g/mol. The molecule has 1 aliphatic heterocycles. The molecule has 2 atom stereocenters. The first kappa shape index (κ1) is 14.8. The second kappa shape index (κ2) is 6.32. The van der Waals surface area contributed by atoms with Crippen LogP contribution >= 0.6 is 0 Å². The fourth-order valence-corrected chi connectivity index (χ4v) is 3.49. The number of nitrogens with one attached hydrogen (secondary N) is 2. The maximum absolute atomic E-state index is 5.61.